The first-order valence-corrected chi connectivity index (χ1v) is 8.93. The van der Waals surface area contributed by atoms with E-state index in [1.807, 2.05) is 0 Å². The lowest BCUT2D eigenvalue weighted by molar-refractivity contribution is -0.143. The zero-order valence-corrected chi connectivity index (χ0v) is 15.7. The Labute approximate surface area is 168 Å². The number of nitrogens with one attached hydrogen (secondary N) is 2. The van der Waals surface area contributed by atoms with E-state index in [1.165, 1.54) is 6.92 Å². The number of halogens is 6. The van der Waals surface area contributed by atoms with E-state index in [1.54, 1.807) is 30.3 Å². The van der Waals surface area contributed by atoms with Crippen LogP contribution in [-0.2, 0) is 22.6 Å². The Morgan fingerprint density at radius 2 is 1.57 bits per heavy atom. The molecule has 10 heteroatoms. The van der Waals surface area contributed by atoms with Gasteiger partial charge in [0.1, 0.15) is 5.54 Å². The van der Waals surface area contributed by atoms with E-state index in [0.717, 1.165) is 0 Å². The summed E-state index contributed by atoms with van der Waals surface area (Å²) in [4.78, 5) is 11.7. The van der Waals surface area contributed by atoms with Crippen molar-refractivity contribution >= 4 is 6.03 Å². The molecule has 0 aromatic heterocycles. The van der Waals surface area contributed by atoms with Crippen LogP contribution in [0.25, 0.3) is 0 Å². The van der Waals surface area contributed by atoms with Gasteiger partial charge in [0.2, 0.25) is 0 Å². The molecule has 3 rings (SSSR count). The molecule has 1 aliphatic heterocycles. The second-order valence-electron chi connectivity index (χ2n) is 7.05. The van der Waals surface area contributed by atoms with Crippen LogP contribution in [0.15, 0.2) is 48.5 Å². The predicted molar refractivity (Wildman–Crippen MR) is 95.5 cm³/mol. The predicted octanol–water partition coefficient (Wildman–Crippen LogP) is 5.01. The first kappa shape index (κ1) is 21.9. The molecule has 4 nitrogen and oxygen atoms in total. The third kappa shape index (κ3) is 4.69. The van der Waals surface area contributed by atoms with Crippen LogP contribution in [0.4, 0.5) is 31.1 Å². The Balaban J connectivity index is 1.88. The molecule has 0 spiro atoms. The second kappa shape index (κ2) is 7.82. The highest BCUT2D eigenvalue weighted by molar-refractivity contribution is 5.78. The van der Waals surface area contributed by atoms with E-state index >= 15 is 0 Å². The van der Waals surface area contributed by atoms with Crippen LogP contribution in [-0.4, -0.2) is 19.2 Å². The molecule has 0 radical (unpaired) electrons. The Morgan fingerprint density at radius 1 is 1.00 bits per heavy atom. The van der Waals surface area contributed by atoms with Crippen molar-refractivity contribution in [3.8, 4) is 0 Å². The van der Waals surface area contributed by atoms with Crippen molar-refractivity contribution in [3.05, 3.63) is 70.8 Å². The van der Waals surface area contributed by atoms with E-state index < -0.39 is 41.2 Å². The molecule has 0 aliphatic carbocycles. The van der Waals surface area contributed by atoms with E-state index in [9.17, 15) is 31.1 Å². The zero-order valence-electron chi connectivity index (χ0n) is 15.7. The van der Waals surface area contributed by atoms with Crippen molar-refractivity contribution < 1.29 is 35.9 Å². The molecular weight excluding hydrogens is 414 g/mol. The minimum atomic E-state index is -4.94. The molecule has 1 saturated heterocycles. The number of benzene rings is 2. The molecule has 2 amide bonds. The Bertz CT molecular complexity index is 881. The number of carbonyl (C=O) groups is 1. The zero-order chi connectivity index (χ0) is 22.2. The summed E-state index contributed by atoms with van der Waals surface area (Å²) in [5.41, 5.74) is -3.39. The second-order valence-corrected chi connectivity index (χ2v) is 7.05. The Hall–Kier alpha value is -2.75. The van der Waals surface area contributed by atoms with Gasteiger partial charge in [-0.2, -0.15) is 26.3 Å². The highest BCUT2D eigenvalue weighted by atomic mass is 19.4. The van der Waals surface area contributed by atoms with Gasteiger partial charge in [-0.1, -0.05) is 30.3 Å². The quantitative estimate of drug-likeness (QED) is 0.653. The molecule has 1 fully saturated rings. The van der Waals surface area contributed by atoms with Gasteiger partial charge in [0.25, 0.3) is 0 Å². The number of rotatable bonds is 5. The van der Waals surface area contributed by atoms with Gasteiger partial charge in [0.15, 0.2) is 0 Å². The lowest BCUT2D eigenvalue weighted by Crippen LogP contribution is -2.45. The highest BCUT2D eigenvalue weighted by Crippen LogP contribution is 2.38. The van der Waals surface area contributed by atoms with E-state index in [0.29, 0.717) is 17.7 Å². The standard InChI is InChI=1S/C20H18F6N2O2/c1-12(13-7-15(19(21,22)23)9-16(8-13)20(24,25)26)30-11-18(10-27-17(29)28-18)14-5-3-2-4-6-14/h2-9,12H,10-11H2,1H3,(H2,27,28,29)/t12-,18-/m1/s1. The van der Waals surface area contributed by atoms with Crippen molar-refractivity contribution in [2.24, 2.45) is 0 Å². The maximum atomic E-state index is 13.1. The molecule has 1 heterocycles. The van der Waals surface area contributed by atoms with Gasteiger partial charge in [-0.05, 0) is 36.2 Å². The average Bonchev–Trinajstić information content (AvgIpc) is 3.07. The Morgan fingerprint density at radius 3 is 2.03 bits per heavy atom. The van der Waals surface area contributed by atoms with Crippen LogP contribution in [0.1, 0.15) is 35.3 Å². The van der Waals surface area contributed by atoms with Crippen molar-refractivity contribution in [2.75, 3.05) is 13.2 Å². The lowest BCUT2D eigenvalue weighted by atomic mass is 9.91. The molecule has 0 saturated carbocycles. The summed E-state index contributed by atoms with van der Waals surface area (Å²) in [5.74, 6) is 0. The van der Waals surface area contributed by atoms with Crippen LogP contribution in [0.2, 0.25) is 0 Å². The topological polar surface area (TPSA) is 50.4 Å². The molecule has 30 heavy (non-hydrogen) atoms. The molecule has 0 bridgehead atoms. The Kier molecular flexibility index (Phi) is 5.72. The van der Waals surface area contributed by atoms with Gasteiger partial charge in [-0.3, -0.25) is 0 Å². The van der Waals surface area contributed by atoms with Gasteiger partial charge >= 0.3 is 18.4 Å². The number of amides is 2. The fourth-order valence-corrected chi connectivity index (χ4v) is 3.22. The van der Waals surface area contributed by atoms with Crippen molar-refractivity contribution in [1.29, 1.82) is 0 Å². The highest BCUT2D eigenvalue weighted by Gasteiger charge is 2.41. The summed E-state index contributed by atoms with van der Waals surface area (Å²) < 4.78 is 84.2. The number of ether oxygens (including phenoxy) is 1. The van der Waals surface area contributed by atoms with Crippen LogP contribution < -0.4 is 10.6 Å². The first-order valence-electron chi connectivity index (χ1n) is 8.93. The van der Waals surface area contributed by atoms with Crippen molar-refractivity contribution in [2.45, 2.75) is 30.9 Å². The third-order valence-electron chi connectivity index (χ3n) is 4.89. The SMILES string of the molecule is C[C@@H](OC[C@@]1(c2ccccc2)CNC(=O)N1)c1cc(C(F)(F)F)cc(C(F)(F)F)c1. The smallest absolute Gasteiger partial charge is 0.371 e. The van der Waals surface area contributed by atoms with E-state index in [4.69, 9.17) is 4.74 Å². The summed E-state index contributed by atoms with van der Waals surface area (Å²) in [7, 11) is 0. The monoisotopic (exact) mass is 432 g/mol. The minimum Gasteiger partial charge on any atom is -0.371 e. The lowest BCUT2D eigenvalue weighted by Gasteiger charge is -2.30. The van der Waals surface area contributed by atoms with E-state index in [-0.39, 0.29) is 24.8 Å². The molecule has 2 N–H and O–H groups in total. The van der Waals surface area contributed by atoms with E-state index in [2.05, 4.69) is 10.6 Å². The van der Waals surface area contributed by atoms with Crippen molar-refractivity contribution in [1.82, 2.24) is 10.6 Å². The number of carbonyl (C=O) groups excluding carboxylic acids is 1. The molecule has 0 unspecified atom stereocenters. The molecule has 162 valence electrons. The summed E-state index contributed by atoms with van der Waals surface area (Å²) in [5, 5.41) is 5.33. The summed E-state index contributed by atoms with van der Waals surface area (Å²) in [6.45, 7) is 1.35. The van der Waals surface area contributed by atoms with Crippen molar-refractivity contribution in [3.63, 3.8) is 0 Å². The number of hydrogen-bond acceptors (Lipinski definition) is 2. The first-order chi connectivity index (χ1) is 13.9. The van der Waals surface area contributed by atoms with Gasteiger partial charge < -0.3 is 15.4 Å². The fourth-order valence-electron chi connectivity index (χ4n) is 3.22. The van der Waals surface area contributed by atoms with Crippen LogP contribution in [0.5, 0.6) is 0 Å². The van der Waals surface area contributed by atoms with Gasteiger partial charge in [0.05, 0.1) is 23.8 Å². The summed E-state index contributed by atoms with van der Waals surface area (Å²) >= 11 is 0. The summed E-state index contributed by atoms with van der Waals surface area (Å²) in [6, 6.07) is 9.64. The number of urea groups is 1. The normalized spacial score (nSPS) is 20.6. The van der Waals surface area contributed by atoms with Crippen LogP contribution in [0, 0.1) is 0 Å². The van der Waals surface area contributed by atoms with Gasteiger partial charge in [0, 0.05) is 6.54 Å². The summed E-state index contributed by atoms with van der Waals surface area (Å²) in [6.07, 6.45) is -11.0. The number of alkyl halides is 6. The number of hydrogen-bond donors (Lipinski definition) is 2. The maximum absolute atomic E-state index is 13.1. The maximum Gasteiger partial charge on any atom is 0.416 e. The van der Waals surface area contributed by atoms with Crippen LogP contribution in [0.3, 0.4) is 0 Å². The fraction of sp³-hybridized carbons (Fsp3) is 0.350. The minimum absolute atomic E-state index is 0.0722. The molecule has 2 atom stereocenters. The van der Waals surface area contributed by atoms with Gasteiger partial charge in [-0.25, -0.2) is 4.79 Å². The molecule has 2 aromatic rings. The molecular formula is C20H18F6N2O2. The van der Waals surface area contributed by atoms with Gasteiger partial charge in [-0.15, -0.1) is 0 Å². The van der Waals surface area contributed by atoms with Crippen LogP contribution >= 0.6 is 0 Å². The molecule has 1 aliphatic rings. The largest absolute Gasteiger partial charge is 0.416 e. The third-order valence-corrected chi connectivity index (χ3v) is 4.89. The average molecular weight is 432 g/mol. The molecule has 2 aromatic carbocycles.